The molecule has 0 bridgehead atoms. The molecule has 0 saturated carbocycles. The van der Waals surface area contributed by atoms with Crippen molar-refractivity contribution >= 4 is 11.7 Å². The van der Waals surface area contributed by atoms with Crippen LogP contribution in [-0.2, 0) is 7.05 Å². The van der Waals surface area contributed by atoms with Crippen molar-refractivity contribution in [2.45, 2.75) is 32.7 Å². The minimum absolute atomic E-state index is 0.0527. The summed E-state index contributed by atoms with van der Waals surface area (Å²) in [7, 11) is 5.78. The first-order valence-corrected chi connectivity index (χ1v) is 8.35. The molecular weight excluding hydrogens is 302 g/mol. The lowest BCUT2D eigenvalue weighted by Gasteiger charge is -2.27. The number of anilines is 1. The Morgan fingerprint density at radius 2 is 2.08 bits per heavy atom. The quantitative estimate of drug-likeness (QED) is 0.869. The van der Waals surface area contributed by atoms with Crippen LogP contribution in [0.15, 0.2) is 18.3 Å². The van der Waals surface area contributed by atoms with Gasteiger partial charge >= 0.3 is 0 Å². The van der Waals surface area contributed by atoms with Crippen molar-refractivity contribution in [1.82, 2.24) is 19.7 Å². The summed E-state index contributed by atoms with van der Waals surface area (Å²) in [5.74, 6) is 0.768. The van der Waals surface area contributed by atoms with E-state index in [4.69, 9.17) is 0 Å². The van der Waals surface area contributed by atoms with E-state index in [-0.39, 0.29) is 11.9 Å². The summed E-state index contributed by atoms with van der Waals surface area (Å²) in [5.41, 5.74) is 4.00. The molecule has 0 spiro atoms. The Hall–Kier alpha value is -2.37. The van der Waals surface area contributed by atoms with Gasteiger partial charge in [-0.1, -0.05) is 0 Å². The second-order valence-electron chi connectivity index (χ2n) is 6.63. The fourth-order valence-corrected chi connectivity index (χ4v) is 3.66. The molecule has 6 nitrogen and oxygen atoms in total. The molecule has 0 aliphatic carbocycles. The van der Waals surface area contributed by atoms with E-state index in [1.54, 1.807) is 6.20 Å². The Morgan fingerprint density at radius 1 is 1.33 bits per heavy atom. The monoisotopic (exact) mass is 327 g/mol. The number of aryl methyl sites for hydroxylation is 2. The number of likely N-dealkylation sites (tertiary alicyclic amines) is 1. The average Bonchev–Trinajstić information content (AvgIpc) is 3.11. The van der Waals surface area contributed by atoms with Crippen LogP contribution in [0.2, 0.25) is 0 Å². The van der Waals surface area contributed by atoms with Gasteiger partial charge in [-0.15, -0.1) is 0 Å². The SMILES string of the molecule is Cc1nn(C)c(C)c1[C@@H]1CCCN1C(=O)c1cccnc1N(C)C. The molecule has 6 heteroatoms. The molecule has 24 heavy (non-hydrogen) atoms. The minimum atomic E-state index is 0.0527. The van der Waals surface area contributed by atoms with Gasteiger partial charge in [0.2, 0.25) is 0 Å². The van der Waals surface area contributed by atoms with Gasteiger partial charge in [-0.05, 0) is 38.8 Å². The number of aromatic nitrogens is 3. The molecule has 1 atom stereocenters. The van der Waals surface area contributed by atoms with E-state index in [0.29, 0.717) is 11.4 Å². The predicted octanol–water partition coefficient (Wildman–Crippen LogP) is 2.48. The molecule has 1 saturated heterocycles. The van der Waals surface area contributed by atoms with Crippen LogP contribution in [0.4, 0.5) is 5.82 Å². The third kappa shape index (κ3) is 2.66. The third-order valence-corrected chi connectivity index (χ3v) is 4.85. The smallest absolute Gasteiger partial charge is 0.258 e. The molecule has 3 rings (SSSR count). The van der Waals surface area contributed by atoms with Crippen molar-refractivity contribution in [1.29, 1.82) is 0 Å². The fraction of sp³-hybridized carbons (Fsp3) is 0.500. The first-order valence-electron chi connectivity index (χ1n) is 8.35. The van der Waals surface area contributed by atoms with E-state index in [1.165, 1.54) is 5.56 Å². The highest BCUT2D eigenvalue weighted by Crippen LogP contribution is 2.37. The van der Waals surface area contributed by atoms with Crippen molar-refractivity contribution in [2.24, 2.45) is 7.05 Å². The molecule has 0 radical (unpaired) electrons. The molecule has 2 aromatic heterocycles. The molecule has 1 aliphatic rings. The highest BCUT2D eigenvalue weighted by atomic mass is 16.2. The summed E-state index contributed by atoms with van der Waals surface area (Å²) in [5, 5.41) is 4.53. The van der Waals surface area contributed by atoms with Crippen LogP contribution in [0.1, 0.15) is 46.2 Å². The Balaban J connectivity index is 1.98. The molecule has 1 fully saturated rings. The van der Waals surface area contributed by atoms with E-state index >= 15 is 0 Å². The van der Waals surface area contributed by atoms with Crippen molar-refractivity contribution < 1.29 is 4.79 Å². The molecule has 0 N–H and O–H groups in total. The number of nitrogens with zero attached hydrogens (tertiary/aromatic N) is 5. The van der Waals surface area contributed by atoms with Gasteiger partial charge in [-0.3, -0.25) is 9.48 Å². The topological polar surface area (TPSA) is 54.3 Å². The normalized spacial score (nSPS) is 17.4. The molecule has 1 aliphatic heterocycles. The van der Waals surface area contributed by atoms with Crippen LogP contribution in [0.5, 0.6) is 0 Å². The third-order valence-electron chi connectivity index (χ3n) is 4.85. The zero-order valence-electron chi connectivity index (χ0n) is 15.1. The number of pyridine rings is 1. The maximum absolute atomic E-state index is 13.2. The number of carbonyl (C=O) groups is 1. The lowest BCUT2D eigenvalue weighted by Crippen LogP contribution is -2.32. The average molecular weight is 327 g/mol. The predicted molar refractivity (Wildman–Crippen MR) is 94.3 cm³/mol. The van der Waals surface area contributed by atoms with Crippen LogP contribution in [-0.4, -0.2) is 46.2 Å². The number of amides is 1. The Kier molecular flexibility index (Phi) is 4.30. The van der Waals surface area contributed by atoms with Gasteiger partial charge in [-0.25, -0.2) is 4.98 Å². The zero-order chi connectivity index (χ0) is 17.4. The molecular formula is C18H25N5O. The number of hydrogen-bond donors (Lipinski definition) is 0. The Morgan fingerprint density at radius 3 is 2.71 bits per heavy atom. The zero-order valence-corrected chi connectivity index (χ0v) is 15.1. The van der Waals surface area contributed by atoms with Gasteiger partial charge in [0.25, 0.3) is 5.91 Å². The maximum atomic E-state index is 13.2. The van der Waals surface area contributed by atoms with E-state index in [0.717, 1.165) is 30.8 Å². The fourth-order valence-electron chi connectivity index (χ4n) is 3.66. The highest BCUT2D eigenvalue weighted by molar-refractivity contribution is 5.99. The lowest BCUT2D eigenvalue weighted by molar-refractivity contribution is 0.0735. The Bertz CT molecular complexity index is 765. The Labute approximate surface area is 143 Å². The van der Waals surface area contributed by atoms with E-state index in [2.05, 4.69) is 17.0 Å². The van der Waals surface area contributed by atoms with Gasteiger partial charge in [0.05, 0.1) is 17.3 Å². The summed E-state index contributed by atoms with van der Waals surface area (Å²) < 4.78 is 1.90. The van der Waals surface area contributed by atoms with Crippen molar-refractivity contribution in [3.8, 4) is 0 Å². The number of hydrogen-bond acceptors (Lipinski definition) is 4. The second-order valence-corrected chi connectivity index (χ2v) is 6.63. The molecule has 3 heterocycles. The van der Waals surface area contributed by atoms with Crippen LogP contribution >= 0.6 is 0 Å². The van der Waals surface area contributed by atoms with Crippen LogP contribution in [0.3, 0.4) is 0 Å². The van der Waals surface area contributed by atoms with E-state index in [1.807, 2.05) is 54.7 Å². The minimum Gasteiger partial charge on any atom is -0.362 e. The van der Waals surface area contributed by atoms with E-state index < -0.39 is 0 Å². The van der Waals surface area contributed by atoms with Gasteiger partial charge in [0.15, 0.2) is 0 Å². The molecule has 0 unspecified atom stereocenters. The van der Waals surface area contributed by atoms with Crippen molar-refractivity contribution in [2.75, 3.05) is 25.5 Å². The summed E-state index contributed by atoms with van der Waals surface area (Å²) in [6.07, 6.45) is 3.72. The first-order chi connectivity index (χ1) is 11.4. The van der Waals surface area contributed by atoms with E-state index in [9.17, 15) is 4.79 Å². The second kappa shape index (κ2) is 6.26. The van der Waals surface area contributed by atoms with Crippen LogP contribution in [0.25, 0.3) is 0 Å². The highest BCUT2D eigenvalue weighted by Gasteiger charge is 2.35. The largest absolute Gasteiger partial charge is 0.362 e. The lowest BCUT2D eigenvalue weighted by atomic mass is 10.0. The number of rotatable bonds is 3. The van der Waals surface area contributed by atoms with Crippen molar-refractivity contribution in [3.05, 3.63) is 40.8 Å². The summed E-state index contributed by atoms with van der Waals surface area (Å²) in [6, 6.07) is 3.79. The van der Waals surface area contributed by atoms with Gasteiger partial charge in [-0.2, -0.15) is 5.10 Å². The van der Waals surface area contributed by atoms with Crippen LogP contribution in [0, 0.1) is 13.8 Å². The molecule has 0 aromatic carbocycles. The maximum Gasteiger partial charge on any atom is 0.258 e. The van der Waals surface area contributed by atoms with Gasteiger partial charge in [0.1, 0.15) is 5.82 Å². The number of carbonyl (C=O) groups excluding carboxylic acids is 1. The molecule has 128 valence electrons. The summed E-state index contributed by atoms with van der Waals surface area (Å²) in [6.45, 7) is 4.88. The molecule has 2 aromatic rings. The summed E-state index contributed by atoms with van der Waals surface area (Å²) >= 11 is 0. The molecule has 1 amide bonds. The standard InChI is InChI=1S/C18H25N5O/c1-12-16(13(2)22(5)20-12)15-9-7-11-23(15)18(24)14-8-6-10-19-17(14)21(3)4/h6,8,10,15H,7,9,11H2,1-5H3/t15-/m0/s1. The first kappa shape index (κ1) is 16.5. The summed E-state index contributed by atoms with van der Waals surface area (Å²) in [4.78, 5) is 21.5. The van der Waals surface area contributed by atoms with Crippen LogP contribution < -0.4 is 4.90 Å². The van der Waals surface area contributed by atoms with Gasteiger partial charge in [0, 0.05) is 45.1 Å². The van der Waals surface area contributed by atoms with Crippen molar-refractivity contribution in [3.63, 3.8) is 0 Å². The van der Waals surface area contributed by atoms with Gasteiger partial charge < -0.3 is 9.80 Å².